The van der Waals surface area contributed by atoms with Crippen molar-refractivity contribution in [3.63, 3.8) is 0 Å². The topological polar surface area (TPSA) is 32.3 Å². The van der Waals surface area contributed by atoms with Gasteiger partial charge in [-0.15, -0.1) is 0 Å². The predicted molar refractivity (Wildman–Crippen MR) is 105 cm³/mol. The highest BCUT2D eigenvalue weighted by atomic mass is 35.5. The highest BCUT2D eigenvalue weighted by molar-refractivity contribution is 6.31. The molecule has 1 saturated carbocycles. The van der Waals surface area contributed by atoms with E-state index >= 15 is 0 Å². The van der Waals surface area contributed by atoms with Crippen LogP contribution in [0.1, 0.15) is 62.2 Å². The quantitative estimate of drug-likeness (QED) is 0.588. The first-order valence-electron chi connectivity index (χ1n) is 9.09. The van der Waals surface area contributed by atoms with Gasteiger partial charge in [0.05, 0.1) is 0 Å². The van der Waals surface area contributed by atoms with Gasteiger partial charge in [-0.1, -0.05) is 61.2 Å². The molecule has 0 aromatic heterocycles. The number of halogens is 2. The van der Waals surface area contributed by atoms with Crippen molar-refractivity contribution in [1.82, 2.24) is 5.32 Å². The third-order valence-corrected chi connectivity index (χ3v) is 5.84. The SMILES string of the molecule is CC[C@@H](N[C@@H](c1ccccc1Cl)C1CCCC1)c1cc(Cl)ccc1O. The monoisotopic (exact) mass is 377 g/mol. The fraction of sp³-hybridized carbons (Fsp3) is 0.429. The molecule has 1 fully saturated rings. The van der Waals surface area contributed by atoms with Gasteiger partial charge < -0.3 is 10.4 Å². The molecule has 25 heavy (non-hydrogen) atoms. The van der Waals surface area contributed by atoms with E-state index in [1.54, 1.807) is 12.1 Å². The van der Waals surface area contributed by atoms with Crippen molar-refractivity contribution in [2.75, 3.05) is 0 Å². The zero-order chi connectivity index (χ0) is 17.8. The predicted octanol–water partition coefficient (Wildman–Crippen LogP) is 6.67. The molecule has 2 atom stereocenters. The highest BCUT2D eigenvalue weighted by Crippen LogP contribution is 2.40. The molecule has 4 heteroatoms. The highest BCUT2D eigenvalue weighted by Gasteiger charge is 2.30. The average Bonchev–Trinajstić information content (AvgIpc) is 3.14. The molecule has 1 aliphatic rings. The molecule has 0 amide bonds. The lowest BCUT2D eigenvalue weighted by Crippen LogP contribution is -2.31. The van der Waals surface area contributed by atoms with Crippen LogP contribution < -0.4 is 5.32 Å². The van der Waals surface area contributed by atoms with Gasteiger partial charge in [0.25, 0.3) is 0 Å². The zero-order valence-corrected chi connectivity index (χ0v) is 16.0. The maximum Gasteiger partial charge on any atom is 0.120 e. The van der Waals surface area contributed by atoms with E-state index in [4.69, 9.17) is 23.2 Å². The largest absolute Gasteiger partial charge is 0.508 e. The molecule has 2 nitrogen and oxygen atoms in total. The van der Waals surface area contributed by atoms with Gasteiger partial charge in [0.15, 0.2) is 0 Å². The van der Waals surface area contributed by atoms with E-state index in [1.165, 1.54) is 25.7 Å². The van der Waals surface area contributed by atoms with Crippen molar-refractivity contribution in [3.8, 4) is 5.75 Å². The molecular formula is C21H25Cl2NO. The van der Waals surface area contributed by atoms with E-state index in [2.05, 4.69) is 18.3 Å². The molecule has 1 aliphatic carbocycles. The summed E-state index contributed by atoms with van der Waals surface area (Å²) in [5.41, 5.74) is 2.00. The Morgan fingerprint density at radius 3 is 2.48 bits per heavy atom. The summed E-state index contributed by atoms with van der Waals surface area (Å²) in [4.78, 5) is 0. The van der Waals surface area contributed by atoms with Gasteiger partial charge in [0.2, 0.25) is 0 Å². The Balaban J connectivity index is 1.93. The first-order valence-corrected chi connectivity index (χ1v) is 9.84. The smallest absolute Gasteiger partial charge is 0.120 e. The van der Waals surface area contributed by atoms with Crippen molar-refractivity contribution in [3.05, 3.63) is 63.6 Å². The maximum absolute atomic E-state index is 10.3. The van der Waals surface area contributed by atoms with Crippen molar-refractivity contribution in [2.45, 2.75) is 51.1 Å². The van der Waals surface area contributed by atoms with Crippen LogP contribution in [0.15, 0.2) is 42.5 Å². The van der Waals surface area contributed by atoms with Crippen LogP contribution in [0.2, 0.25) is 10.0 Å². The first-order chi connectivity index (χ1) is 12.1. The summed E-state index contributed by atoms with van der Waals surface area (Å²) in [7, 11) is 0. The van der Waals surface area contributed by atoms with Gasteiger partial charge in [-0.2, -0.15) is 0 Å². The molecule has 0 aliphatic heterocycles. The van der Waals surface area contributed by atoms with Crippen LogP contribution in [-0.4, -0.2) is 5.11 Å². The molecule has 0 spiro atoms. The Morgan fingerprint density at radius 2 is 1.80 bits per heavy atom. The molecule has 2 aromatic rings. The van der Waals surface area contributed by atoms with E-state index in [-0.39, 0.29) is 17.8 Å². The van der Waals surface area contributed by atoms with Gasteiger partial charge in [-0.05, 0) is 55.0 Å². The van der Waals surface area contributed by atoms with Gasteiger partial charge >= 0.3 is 0 Å². The first kappa shape index (κ1) is 18.6. The molecule has 3 rings (SSSR count). The number of benzene rings is 2. The summed E-state index contributed by atoms with van der Waals surface area (Å²) in [5.74, 6) is 0.850. The second kappa shape index (κ2) is 8.44. The summed E-state index contributed by atoms with van der Waals surface area (Å²) in [5, 5.41) is 15.5. The van der Waals surface area contributed by atoms with Crippen LogP contribution in [0.5, 0.6) is 5.75 Å². The van der Waals surface area contributed by atoms with Crippen LogP contribution in [0.25, 0.3) is 0 Å². The molecule has 0 heterocycles. The zero-order valence-electron chi connectivity index (χ0n) is 14.5. The van der Waals surface area contributed by atoms with Crippen LogP contribution in [0.3, 0.4) is 0 Å². The Bertz CT molecular complexity index is 713. The van der Waals surface area contributed by atoms with Crippen LogP contribution in [0, 0.1) is 5.92 Å². The lowest BCUT2D eigenvalue weighted by atomic mass is 9.89. The van der Waals surface area contributed by atoms with E-state index in [9.17, 15) is 5.11 Å². The molecule has 0 unspecified atom stereocenters. The number of hydrogen-bond acceptors (Lipinski definition) is 2. The summed E-state index contributed by atoms with van der Waals surface area (Å²) < 4.78 is 0. The van der Waals surface area contributed by atoms with E-state index in [0.29, 0.717) is 10.9 Å². The minimum Gasteiger partial charge on any atom is -0.508 e. The summed E-state index contributed by atoms with van der Waals surface area (Å²) in [6, 6.07) is 13.5. The maximum atomic E-state index is 10.3. The van der Waals surface area contributed by atoms with Gasteiger partial charge in [0, 0.05) is 27.7 Å². The minimum atomic E-state index is 0.0283. The summed E-state index contributed by atoms with van der Waals surface area (Å²) >= 11 is 12.7. The Kier molecular flexibility index (Phi) is 6.27. The van der Waals surface area contributed by atoms with E-state index in [0.717, 1.165) is 22.6 Å². The third kappa shape index (κ3) is 4.31. The molecule has 2 N–H and O–H groups in total. The molecular weight excluding hydrogens is 353 g/mol. The number of nitrogens with one attached hydrogen (secondary N) is 1. The van der Waals surface area contributed by atoms with Crippen LogP contribution >= 0.6 is 23.2 Å². The van der Waals surface area contributed by atoms with Gasteiger partial charge in [0.1, 0.15) is 5.75 Å². The Labute approximate surface area is 160 Å². The third-order valence-electron chi connectivity index (χ3n) is 5.27. The van der Waals surface area contributed by atoms with Crippen molar-refractivity contribution >= 4 is 23.2 Å². The standard InChI is InChI=1S/C21H25Cl2NO/c1-2-19(17-13-15(22)11-12-20(17)25)24-21(14-7-3-4-8-14)16-9-5-6-10-18(16)23/h5-6,9-14,19,21,24-25H,2-4,7-8H2,1H3/t19-,21-/m1/s1. The van der Waals surface area contributed by atoms with E-state index < -0.39 is 0 Å². The molecule has 0 saturated heterocycles. The Hall–Kier alpha value is -1.22. The number of aromatic hydroxyl groups is 1. The lowest BCUT2D eigenvalue weighted by molar-refractivity contribution is 0.320. The lowest BCUT2D eigenvalue weighted by Gasteiger charge is -2.31. The van der Waals surface area contributed by atoms with Gasteiger partial charge in [-0.3, -0.25) is 0 Å². The number of phenols is 1. The van der Waals surface area contributed by atoms with Gasteiger partial charge in [-0.25, -0.2) is 0 Å². The second-order valence-electron chi connectivity index (χ2n) is 6.87. The van der Waals surface area contributed by atoms with Crippen molar-refractivity contribution in [1.29, 1.82) is 0 Å². The fourth-order valence-electron chi connectivity index (χ4n) is 3.95. The minimum absolute atomic E-state index is 0.0283. The van der Waals surface area contributed by atoms with Crippen LogP contribution in [0.4, 0.5) is 0 Å². The summed E-state index contributed by atoms with van der Waals surface area (Å²) in [6.45, 7) is 2.12. The second-order valence-corrected chi connectivity index (χ2v) is 7.72. The molecule has 0 bridgehead atoms. The Morgan fingerprint density at radius 1 is 1.08 bits per heavy atom. The fourth-order valence-corrected chi connectivity index (χ4v) is 4.38. The van der Waals surface area contributed by atoms with Crippen LogP contribution in [-0.2, 0) is 0 Å². The normalized spacial score (nSPS) is 17.6. The average molecular weight is 378 g/mol. The number of rotatable bonds is 6. The van der Waals surface area contributed by atoms with E-state index in [1.807, 2.05) is 24.3 Å². The molecule has 2 aromatic carbocycles. The molecule has 134 valence electrons. The summed E-state index contributed by atoms with van der Waals surface area (Å²) in [6.07, 6.45) is 5.82. The van der Waals surface area contributed by atoms with Crippen molar-refractivity contribution in [2.24, 2.45) is 5.92 Å². The molecule has 0 radical (unpaired) electrons. The number of hydrogen-bond donors (Lipinski definition) is 2. The number of phenolic OH excluding ortho intramolecular Hbond substituents is 1. The van der Waals surface area contributed by atoms with Crippen molar-refractivity contribution < 1.29 is 5.11 Å².